The third kappa shape index (κ3) is 2.96. The number of nitrogens with zero attached hydrogens (tertiary/aromatic N) is 1. The van der Waals surface area contributed by atoms with E-state index in [4.69, 9.17) is 0 Å². The number of hydrogen-bond acceptors (Lipinski definition) is 3. The van der Waals surface area contributed by atoms with Gasteiger partial charge >= 0.3 is 0 Å². The molecule has 1 fully saturated rings. The van der Waals surface area contributed by atoms with Crippen LogP contribution in [0.1, 0.15) is 0 Å². The van der Waals surface area contributed by atoms with Gasteiger partial charge < -0.3 is 10.2 Å². The maximum Gasteiger partial charge on any atom is 0.275 e. The second-order valence-electron chi connectivity index (χ2n) is 3.03. The summed E-state index contributed by atoms with van der Waals surface area (Å²) in [7, 11) is 0.574. The fourth-order valence-corrected chi connectivity index (χ4v) is 2.42. The number of nitrogens with two attached hydrogens (primary N) is 1. The van der Waals surface area contributed by atoms with Crippen LogP contribution in [-0.2, 0) is 14.6 Å². The molecule has 13 heavy (non-hydrogen) atoms. The predicted octanol–water partition coefficient (Wildman–Crippen LogP) is -2.40. The van der Waals surface area contributed by atoms with Gasteiger partial charge in [0.05, 0.1) is 11.5 Å². The molecule has 1 heterocycles. The van der Waals surface area contributed by atoms with E-state index in [1.807, 2.05) is 0 Å². The molecule has 0 aromatic carbocycles. The van der Waals surface area contributed by atoms with E-state index in [0.29, 0.717) is 19.6 Å². The molecule has 0 unspecified atom stereocenters. The summed E-state index contributed by atoms with van der Waals surface area (Å²) >= 11 is 0. The smallest absolute Gasteiger partial charge is 0.275 e. The average molecular weight is 206 g/mol. The maximum absolute atomic E-state index is 11.3. The van der Waals surface area contributed by atoms with Crippen LogP contribution >= 0.6 is 0 Å². The van der Waals surface area contributed by atoms with Crippen LogP contribution in [-0.4, -0.2) is 50.4 Å². The summed E-state index contributed by atoms with van der Waals surface area (Å²) in [6.07, 6.45) is 0. The zero-order chi connectivity index (χ0) is 9.90. The first kappa shape index (κ1) is 10.5. The highest BCUT2D eigenvalue weighted by atomic mass is 32.2. The molecule has 0 spiro atoms. The number of rotatable bonds is 2. The Morgan fingerprint density at radius 1 is 1.38 bits per heavy atom. The van der Waals surface area contributed by atoms with Gasteiger partial charge in [-0.2, -0.15) is 7.05 Å². The summed E-state index contributed by atoms with van der Waals surface area (Å²) in [6.45, 7) is 0.948. The Morgan fingerprint density at radius 3 is 2.38 bits per heavy atom. The van der Waals surface area contributed by atoms with E-state index in [2.05, 4.69) is 7.05 Å². The Hall–Kier alpha value is -0.620. The van der Waals surface area contributed by atoms with E-state index in [9.17, 15) is 13.2 Å². The van der Waals surface area contributed by atoms with Crippen molar-refractivity contribution in [1.29, 1.82) is 0 Å². The molecule has 0 saturated carbocycles. The predicted molar refractivity (Wildman–Crippen MR) is 47.4 cm³/mol. The molecular formula is C7H14N2O3S. The Balaban J connectivity index is 2.45. The Labute approximate surface area is 78.0 Å². The van der Waals surface area contributed by atoms with E-state index in [-0.39, 0.29) is 17.4 Å². The van der Waals surface area contributed by atoms with E-state index < -0.39 is 9.84 Å². The third-order valence-corrected chi connectivity index (χ3v) is 3.63. The minimum atomic E-state index is -2.88. The number of carbonyl (C=O) groups excluding carboxylic acids is 1. The molecule has 0 aliphatic carbocycles. The van der Waals surface area contributed by atoms with E-state index >= 15 is 0 Å². The van der Waals surface area contributed by atoms with Crippen LogP contribution < -0.4 is 5.32 Å². The second-order valence-corrected chi connectivity index (χ2v) is 5.33. The number of hydrogen-bond donors (Lipinski definition) is 1. The highest BCUT2D eigenvalue weighted by Crippen LogP contribution is 2.02. The fraction of sp³-hybridized carbons (Fsp3) is 0.714. The second kappa shape index (κ2) is 4.06. The molecule has 2 N–H and O–H groups in total. The SMILES string of the molecule is [CH2-][NH2+]CC(=O)N1CCS(=O)(=O)CC1. The lowest BCUT2D eigenvalue weighted by molar-refractivity contribution is -0.584. The zero-order valence-corrected chi connectivity index (χ0v) is 8.22. The lowest BCUT2D eigenvalue weighted by Crippen LogP contribution is -2.80. The molecule has 5 nitrogen and oxygen atoms in total. The lowest BCUT2D eigenvalue weighted by Gasteiger charge is -2.26. The van der Waals surface area contributed by atoms with E-state index in [1.54, 1.807) is 4.90 Å². The summed E-state index contributed by atoms with van der Waals surface area (Å²) in [5, 5.41) is 1.53. The third-order valence-electron chi connectivity index (χ3n) is 2.02. The van der Waals surface area contributed by atoms with Crippen molar-refractivity contribution in [2.24, 2.45) is 0 Å². The van der Waals surface area contributed by atoms with Gasteiger partial charge in [-0.05, 0) is 0 Å². The first-order valence-electron chi connectivity index (χ1n) is 4.14. The van der Waals surface area contributed by atoms with Crippen LogP contribution in [0.25, 0.3) is 0 Å². The van der Waals surface area contributed by atoms with Crippen LogP contribution in [0.3, 0.4) is 0 Å². The fourth-order valence-electron chi connectivity index (χ4n) is 1.21. The summed E-state index contributed by atoms with van der Waals surface area (Å²) < 4.78 is 22.0. The van der Waals surface area contributed by atoms with Crippen molar-refractivity contribution in [1.82, 2.24) is 4.90 Å². The molecule has 6 heteroatoms. The molecular weight excluding hydrogens is 192 g/mol. The van der Waals surface area contributed by atoms with Gasteiger partial charge in [0.2, 0.25) is 0 Å². The van der Waals surface area contributed by atoms with Crippen molar-refractivity contribution in [3.05, 3.63) is 7.05 Å². The Bertz CT molecular complexity index is 272. The summed E-state index contributed by atoms with van der Waals surface area (Å²) in [5.74, 6) is 0.149. The number of sulfone groups is 1. The van der Waals surface area contributed by atoms with Gasteiger partial charge in [-0.15, -0.1) is 0 Å². The first-order valence-corrected chi connectivity index (χ1v) is 5.96. The van der Waals surface area contributed by atoms with E-state index in [0.717, 1.165) is 0 Å². The molecule has 1 rings (SSSR count). The van der Waals surface area contributed by atoms with E-state index in [1.165, 1.54) is 5.32 Å². The highest BCUT2D eigenvalue weighted by Gasteiger charge is 2.24. The maximum atomic E-state index is 11.3. The van der Waals surface area contributed by atoms with Gasteiger partial charge in [0, 0.05) is 13.1 Å². The van der Waals surface area contributed by atoms with Gasteiger partial charge in [-0.3, -0.25) is 4.79 Å². The normalized spacial score (nSPS) is 21.5. The van der Waals surface area contributed by atoms with Crippen molar-refractivity contribution in [3.8, 4) is 0 Å². The van der Waals surface area contributed by atoms with Crippen molar-refractivity contribution < 1.29 is 18.5 Å². The quantitative estimate of drug-likeness (QED) is 0.512. The molecule has 0 radical (unpaired) electrons. The molecule has 0 atom stereocenters. The molecule has 1 amide bonds. The van der Waals surface area contributed by atoms with Crippen LogP contribution in [0.15, 0.2) is 0 Å². The topological polar surface area (TPSA) is 71.1 Å². The van der Waals surface area contributed by atoms with Crippen LogP contribution in [0.4, 0.5) is 0 Å². The van der Waals surface area contributed by atoms with Crippen molar-refractivity contribution >= 4 is 15.7 Å². The molecule has 76 valence electrons. The standard InChI is InChI=1S/C7H14N2O3S/c1-8-6-7(10)9-2-4-13(11,12)5-3-9/h1-6,8H2. The molecule has 1 aliphatic heterocycles. The number of amides is 1. The minimum Gasteiger partial charge on any atom is -0.471 e. The van der Waals surface area contributed by atoms with Crippen molar-refractivity contribution in [2.45, 2.75) is 0 Å². The van der Waals surface area contributed by atoms with Gasteiger partial charge in [0.15, 0.2) is 9.84 Å². The van der Waals surface area contributed by atoms with Crippen molar-refractivity contribution in [2.75, 3.05) is 31.1 Å². The summed E-state index contributed by atoms with van der Waals surface area (Å²) in [4.78, 5) is 12.8. The minimum absolute atomic E-state index is 0.0371. The Morgan fingerprint density at radius 2 is 1.92 bits per heavy atom. The van der Waals surface area contributed by atoms with Gasteiger partial charge in [0.25, 0.3) is 5.91 Å². The highest BCUT2D eigenvalue weighted by molar-refractivity contribution is 7.91. The lowest BCUT2D eigenvalue weighted by atomic mass is 10.4. The molecule has 1 saturated heterocycles. The summed E-state index contributed by atoms with van der Waals surface area (Å²) in [6, 6.07) is 0. The Kier molecular flexibility index (Phi) is 3.27. The van der Waals surface area contributed by atoms with Crippen LogP contribution in [0, 0.1) is 7.05 Å². The molecule has 0 aromatic rings. The molecule has 1 aliphatic rings. The molecule has 0 aromatic heterocycles. The monoisotopic (exact) mass is 206 g/mol. The van der Waals surface area contributed by atoms with Gasteiger partial charge in [0.1, 0.15) is 6.54 Å². The first-order chi connectivity index (χ1) is 6.05. The largest absolute Gasteiger partial charge is 0.471 e. The number of carbonyl (C=O) groups is 1. The molecule has 0 bridgehead atoms. The van der Waals surface area contributed by atoms with Gasteiger partial charge in [-0.1, -0.05) is 0 Å². The van der Waals surface area contributed by atoms with Crippen LogP contribution in [0.5, 0.6) is 0 Å². The van der Waals surface area contributed by atoms with Crippen molar-refractivity contribution in [3.63, 3.8) is 0 Å². The van der Waals surface area contributed by atoms with Crippen LogP contribution in [0.2, 0.25) is 0 Å². The summed E-state index contributed by atoms with van der Waals surface area (Å²) in [5.41, 5.74) is 0. The average Bonchev–Trinajstić information content (AvgIpc) is 2.04. The number of quaternary nitrogens is 1. The zero-order valence-electron chi connectivity index (χ0n) is 7.40. The van der Waals surface area contributed by atoms with Gasteiger partial charge in [-0.25, -0.2) is 8.42 Å².